The van der Waals surface area contributed by atoms with Gasteiger partial charge in [0.25, 0.3) is 11.8 Å². The summed E-state index contributed by atoms with van der Waals surface area (Å²) in [6, 6.07) is 6.95. The monoisotopic (exact) mass is 385 g/mol. The zero-order valence-corrected chi connectivity index (χ0v) is 17.0. The number of hydrogen-bond acceptors (Lipinski definition) is 3. The molecule has 2 aliphatic heterocycles. The predicted octanol–water partition coefficient (Wildman–Crippen LogP) is 2.64. The fourth-order valence-electron chi connectivity index (χ4n) is 4.03. The van der Waals surface area contributed by atoms with Gasteiger partial charge in [0.1, 0.15) is 0 Å². The molecule has 0 aromatic heterocycles. The number of amides is 3. The third kappa shape index (κ3) is 4.54. The van der Waals surface area contributed by atoms with Crippen LogP contribution in [0.4, 0.5) is 0 Å². The highest BCUT2D eigenvalue weighted by Crippen LogP contribution is 2.23. The van der Waals surface area contributed by atoms with Crippen LogP contribution < -0.4 is 0 Å². The molecule has 0 spiro atoms. The first-order valence-corrected chi connectivity index (χ1v) is 10.4. The van der Waals surface area contributed by atoms with Crippen LogP contribution >= 0.6 is 0 Å². The Bertz CT molecular complexity index is 719. The summed E-state index contributed by atoms with van der Waals surface area (Å²) in [7, 11) is 1.75. The molecule has 28 heavy (non-hydrogen) atoms. The molecule has 0 N–H and O–H groups in total. The minimum absolute atomic E-state index is 0.0354. The number of piperidine rings is 2. The van der Waals surface area contributed by atoms with E-state index < -0.39 is 0 Å². The number of benzene rings is 1. The van der Waals surface area contributed by atoms with Crippen molar-refractivity contribution in [1.82, 2.24) is 14.7 Å². The third-order valence-electron chi connectivity index (χ3n) is 5.98. The van der Waals surface area contributed by atoms with Gasteiger partial charge < -0.3 is 14.7 Å². The smallest absolute Gasteiger partial charge is 0.253 e. The maximum atomic E-state index is 12.9. The fraction of sp³-hybridized carbons (Fsp3) is 0.591. The van der Waals surface area contributed by atoms with E-state index in [1.165, 1.54) is 6.42 Å². The molecule has 2 fully saturated rings. The van der Waals surface area contributed by atoms with Gasteiger partial charge in [-0.1, -0.05) is 6.07 Å². The van der Waals surface area contributed by atoms with Gasteiger partial charge in [-0.2, -0.15) is 0 Å². The number of rotatable bonds is 4. The van der Waals surface area contributed by atoms with Crippen molar-refractivity contribution in [1.29, 1.82) is 0 Å². The molecule has 1 aromatic carbocycles. The van der Waals surface area contributed by atoms with E-state index in [-0.39, 0.29) is 23.6 Å². The summed E-state index contributed by atoms with van der Waals surface area (Å²) in [6.45, 7) is 5.49. The van der Waals surface area contributed by atoms with Crippen molar-refractivity contribution < 1.29 is 14.4 Å². The average Bonchev–Trinajstić information content (AvgIpc) is 2.77. The number of carbonyl (C=O) groups is 3. The molecule has 2 heterocycles. The number of carbonyl (C=O) groups excluding carboxylic acids is 3. The molecule has 6 nitrogen and oxygen atoms in total. The zero-order chi connectivity index (χ0) is 20.1. The topological polar surface area (TPSA) is 60.9 Å². The van der Waals surface area contributed by atoms with E-state index in [1.54, 1.807) is 36.2 Å². The lowest BCUT2D eigenvalue weighted by Crippen LogP contribution is -2.45. The van der Waals surface area contributed by atoms with E-state index in [9.17, 15) is 14.4 Å². The molecule has 3 rings (SSSR count). The van der Waals surface area contributed by atoms with Gasteiger partial charge in [-0.05, 0) is 57.2 Å². The second kappa shape index (κ2) is 9.22. The summed E-state index contributed by atoms with van der Waals surface area (Å²) >= 11 is 0. The molecule has 6 heteroatoms. The third-order valence-corrected chi connectivity index (χ3v) is 5.98. The van der Waals surface area contributed by atoms with E-state index in [0.717, 1.165) is 38.8 Å². The summed E-state index contributed by atoms with van der Waals surface area (Å²) in [4.78, 5) is 43.4. The van der Waals surface area contributed by atoms with Crippen molar-refractivity contribution in [3.05, 3.63) is 35.4 Å². The lowest BCUT2D eigenvalue weighted by molar-refractivity contribution is -0.137. The van der Waals surface area contributed by atoms with Gasteiger partial charge >= 0.3 is 0 Å². The highest BCUT2D eigenvalue weighted by molar-refractivity contribution is 5.99. The van der Waals surface area contributed by atoms with Crippen molar-refractivity contribution in [2.75, 3.05) is 39.8 Å². The molecule has 1 aromatic rings. The van der Waals surface area contributed by atoms with Crippen molar-refractivity contribution in [2.24, 2.45) is 5.92 Å². The Morgan fingerprint density at radius 1 is 0.964 bits per heavy atom. The predicted molar refractivity (Wildman–Crippen MR) is 108 cm³/mol. The van der Waals surface area contributed by atoms with Crippen LogP contribution in [0.5, 0.6) is 0 Å². The van der Waals surface area contributed by atoms with E-state index >= 15 is 0 Å². The highest BCUT2D eigenvalue weighted by Gasteiger charge is 2.31. The average molecular weight is 386 g/mol. The van der Waals surface area contributed by atoms with Crippen LogP contribution in [-0.2, 0) is 4.79 Å². The van der Waals surface area contributed by atoms with Gasteiger partial charge in [0.2, 0.25) is 5.91 Å². The molecule has 0 bridgehead atoms. The number of hydrogen-bond donors (Lipinski definition) is 0. The van der Waals surface area contributed by atoms with Gasteiger partial charge in [-0.3, -0.25) is 14.4 Å². The largest absolute Gasteiger partial charge is 0.342 e. The van der Waals surface area contributed by atoms with E-state index in [4.69, 9.17) is 0 Å². The van der Waals surface area contributed by atoms with Crippen LogP contribution in [0, 0.1) is 5.92 Å². The first-order valence-electron chi connectivity index (χ1n) is 10.4. The summed E-state index contributed by atoms with van der Waals surface area (Å²) in [6.07, 6.45) is 4.86. The maximum Gasteiger partial charge on any atom is 0.253 e. The van der Waals surface area contributed by atoms with E-state index in [2.05, 4.69) is 0 Å². The first kappa shape index (κ1) is 20.4. The van der Waals surface area contributed by atoms with Crippen LogP contribution in [0.15, 0.2) is 24.3 Å². The zero-order valence-electron chi connectivity index (χ0n) is 17.0. The van der Waals surface area contributed by atoms with Crippen LogP contribution in [0.25, 0.3) is 0 Å². The quantitative estimate of drug-likeness (QED) is 0.801. The second-order valence-corrected chi connectivity index (χ2v) is 7.85. The molecule has 2 saturated heterocycles. The van der Waals surface area contributed by atoms with Crippen LogP contribution in [0.1, 0.15) is 59.7 Å². The van der Waals surface area contributed by atoms with Gasteiger partial charge in [-0.15, -0.1) is 0 Å². The Hall–Kier alpha value is -2.37. The Morgan fingerprint density at radius 2 is 1.61 bits per heavy atom. The molecule has 0 radical (unpaired) electrons. The normalized spacial score (nSPS) is 18.1. The lowest BCUT2D eigenvalue weighted by atomic mass is 9.94. The number of likely N-dealkylation sites (tertiary alicyclic amines) is 2. The summed E-state index contributed by atoms with van der Waals surface area (Å²) < 4.78 is 0. The van der Waals surface area contributed by atoms with Gasteiger partial charge in [0, 0.05) is 56.8 Å². The van der Waals surface area contributed by atoms with E-state index in [0.29, 0.717) is 30.8 Å². The fourth-order valence-corrected chi connectivity index (χ4v) is 4.03. The van der Waals surface area contributed by atoms with Gasteiger partial charge in [-0.25, -0.2) is 0 Å². The molecular weight excluding hydrogens is 354 g/mol. The van der Waals surface area contributed by atoms with Crippen LogP contribution in [0.3, 0.4) is 0 Å². The summed E-state index contributed by atoms with van der Waals surface area (Å²) in [5, 5.41) is 0. The maximum absolute atomic E-state index is 12.9. The standard InChI is InChI=1S/C22H31N3O3/c1-3-23(2)20(26)18-8-7-9-19(16-18)22(28)25-14-10-17(11-15-25)21(27)24-12-5-4-6-13-24/h7-9,16-17H,3-6,10-15H2,1-2H3. The van der Waals surface area contributed by atoms with Gasteiger partial charge in [0.15, 0.2) is 0 Å². The number of nitrogens with zero attached hydrogens (tertiary/aromatic N) is 3. The van der Waals surface area contributed by atoms with Crippen molar-refractivity contribution in [2.45, 2.75) is 39.0 Å². The second-order valence-electron chi connectivity index (χ2n) is 7.85. The van der Waals surface area contributed by atoms with Crippen molar-refractivity contribution in [3.63, 3.8) is 0 Å². The molecule has 0 aliphatic carbocycles. The van der Waals surface area contributed by atoms with Gasteiger partial charge in [0.05, 0.1) is 0 Å². The first-order chi connectivity index (χ1) is 13.5. The Balaban J connectivity index is 1.59. The minimum Gasteiger partial charge on any atom is -0.342 e. The van der Waals surface area contributed by atoms with Crippen LogP contribution in [0.2, 0.25) is 0 Å². The molecule has 0 unspecified atom stereocenters. The van der Waals surface area contributed by atoms with Crippen LogP contribution in [-0.4, -0.2) is 72.2 Å². The Kier molecular flexibility index (Phi) is 6.70. The molecule has 3 amide bonds. The van der Waals surface area contributed by atoms with Crippen molar-refractivity contribution >= 4 is 17.7 Å². The van der Waals surface area contributed by atoms with E-state index in [1.807, 2.05) is 16.7 Å². The molecular formula is C22H31N3O3. The molecule has 0 saturated carbocycles. The summed E-state index contributed by atoms with van der Waals surface area (Å²) in [5.74, 6) is 0.163. The lowest BCUT2D eigenvalue weighted by Gasteiger charge is -2.35. The molecule has 152 valence electrons. The Labute approximate surface area is 167 Å². The summed E-state index contributed by atoms with van der Waals surface area (Å²) in [5.41, 5.74) is 1.07. The van der Waals surface area contributed by atoms with Crippen molar-refractivity contribution in [3.8, 4) is 0 Å². The molecule has 0 atom stereocenters. The Morgan fingerprint density at radius 3 is 2.25 bits per heavy atom. The molecule has 2 aliphatic rings. The minimum atomic E-state index is -0.0806. The SMILES string of the molecule is CCN(C)C(=O)c1cccc(C(=O)N2CCC(C(=O)N3CCCCC3)CC2)c1. The highest BCUT2D eigenvalue weighted by atomic mass is 16.2.